The fourth-order valence-electron chi connectivity index (χ4n) is 1.03. The van der Waals surface area contributed by atoms with Crippen molar-refractivity contribution in [2.45, 2.75) is 25.7 Å². The first kappa shape index (κ1) is 14.7. The van der Waals surface area contributed by atoms with Gasteiger partial charge in [0.15, 0.2) is 0 Å². The van der Waals surface area contributed by atoms with Gasteiger partial charge in [-0.2, -0.15) is 0 Å². The van der Waals surface area contributed by atoms with Crippen LogP contribution in [-0.2, 0) is 9.47 Å². The lowest BCUT2D eigenvalue weighted by Crippen LogP contribution is -2.06. The molecule has 0 rings (SSSR count). The monoisotopic (exact) mass is 286 g/mol. The fraction of sp³-hybridized carbons (Fsp3) is 1.00. The van der Waals surface area contributed by atoms with Gasteiger partial charge in [-0.15, -0.1) is 11.6 Å². The quantitative estimate of drug-likeness (QED) is 0.429. The highest BCUT2D eigenvalue weighted by atomic mass is 79.9. The van der Waals surface area contributed by atoms with E-state index in [1.54, 1.807) is 0 Å². The topological polar surface area (TPSA) is 18.5 Å². The van der Waals surface area contributed by atoms with Crippen molar-refractivity contribution in [2.75, 3.05) is 37.6 Å². The van der Waals surface area contributed by atoms with Crippen LogP contribution in [0.5, 0.6) is 0 Å². The maximum atomic E-state index is 5.56. The van der Waals surface area contributed by atoms with Gasteiger partial charge in [-0.1, -0.05) is 28.8 Å². The summed E-state index contributed by atoms with van der Waals surface area (Å²) < 4.78 is 10.6. The van der Waals surface area contributed by atoms with Crippen molar-refractivity contribution in [3.8, 4) is 0 Å². The molecule has 0 aromatic heterocycles. The summed E-state index contributed by atoms with van der Waals surface area (Å²) in [5.41, 5.74) is 0. The highest BCUT2D eigenvalue weighted by molar-refractivity contribution is 9.09. The van der Waals surface area contributed by atoms with Gasteiger partial charge in [0.1, 0.15) is 0 Å². The van der Waals surface area contributed by atoms with Gasteiger partial charge in [-0.05, 0) is 12.8 Å². The van der Waals surface area contributed by atoms with Gasteiger partial charge in [-0.25, -0.2) is 0 Å². The molecule has 0 atom stereocenters. The van der Waals surface area contributed by atoms with Crippen LogP contribution in [0.4, 0.5) is 0 Å². The minimum Gasteiger partial charge on any atom is -0.379 e. The van der Waals surface area contributed by atoms with Gasteiger partial charge < -0.3 is 9.47 Å². The summed E-state index contributed by atoms with van der Waals surface area (Å²) in [5, 5.41) is 0.894. The second-order valence-corrected chi connectivity index (χ2v) is 4.19. The lowest BCUT2D eigenvalue weighted by molar-refractivity contribution is 0.0525. The SMILES string of the molecule is ClCCCCCCOCCOCCBr. The third-order valence-corrected chi connectivity index (χ3v) is 2.36. The lowest BCUT2D eigenvalue weighted by Gasteiger charge is -2.04. The molecule has 0 aliphatic heterocycles. The second kappa shape index (κ2) is 13.7. The van der Waals surface area contributed by atoms with Crippen LogP contribution in [0.1, 0.15) is 25.7 Å². The predicted octanol–water partition coefficient (Wildman–Crippen LogP) is 3.21. The number of alkyl halides is 2. The third-order valence-electron chi connectivity index (χ3n) is 1.77. The van der Waals surface area contributed by atoms with E-state index in [0.717, 1.165) is 37.3 Å². The van der Waals surface area contributed by atoms with Crippen LogP contribution in [0.3, 0.4) is 0 Å². The maximum Gasteiger partial charge on any atom is 0.0700 e. The van der Waals surface area contributed by atoms with Gasteiger partial charge in [0.05, 0.1) is 19.8 Å². The smallest absolute Gasteiger partial charge is 0.0700 e. The molecule has 0 aliphatic carbocycles. The number of hydrogen-bond donors (Lipinski definition) is 0. The first-order chi connectivity index (χ1) is 6.91. The molecular formula is C10H20BrClO2. The van der Waals surface area contributed by atoms with Gasteiger partial charge in [-0.3, -0.25) is 0 Å². The zero-order chi connectivity index (χ0) is 10.5. The number of hydrogen-bond acceptors (Lipinski definition) is 2. The minimum atomic E-state index is 0.702. The Balaban J connectivity index is 2.78. The van der Waals surface area contributed by atoms with Crippen molar-refractivity contribution in [3.05, 3.63) is 0 Å². The summed E-state index contributed by atoms with van der Waals surface area (Å²) in [6.45, 7) is 3.02. The Hall–Kier alpha value is 0.690. The van der Waals surface area contributed by atoms with Crippen LogP contribution in [0.15, 0.2) is 0 Å². The molecule has 0 saturated heterocycles. The van der Waals surface area contributed by atoms with Gasteiger partial charge in [0.2, 0.25) is 0 Å². The van der Waals surface area contributed by atoms with E-state index in [-0.39, 0.29) is 0 Å². The zero-order valence-corrected chi connectivity index (χ0v) is 11.0. The Morgan fingerprint density at radius 1 is 0.786 bits per heavy atom. The van der Waals surface area contributed by atoms with E-state index in [1.807, 2.05) is 0 Å². The molecule has 0 saturated carbocycles. The molecular weight excluding hydrogens is 267 g/mol. The Morgan fingerprint density at radius 2 is 1.43 bits per heavy atom. The fourth-order valence-corrected chi connectivity index (χ4v) is 1.45. The van der Waals surface area contributed by atoms with E-state index in [4.69, 9.17) is 21.1 Å². The Kier molecular flexibility index (Phi) is 14.4. The van der Waals surface area contributed by atoms with E-state index in [1.165, 1.54) is 12.8 Å². The van der Waals surface area contributed by atoms with E-state index in [9.17, 15) is 0 Å². The van der Waals surface area contributed by atoms with E-state index in [2.05, 4.69) is 15.9 Å². The van der Waals surface area contributed by atoms with Crippen molar-refractivity contribution in [1.29, 1.82) is 0 Å². The largest absolute Gasteiger partial charge is 0.379 e. The lowest BCUT2D eigenvalue weighted by atomic mass is 10.2. The zero-order valence-electron chi connectivity index (χ0n) is 8.64. The minimum absolute atomic E-state index is 0.702. The van der Waals surface area contributed by atoms with Crippen molar-refractivity contribution >= 4 is 27.5 Å². The Labute approximate surface area is 100 Å². The molecule has 14 heavy (non-hydrogen) atoms. The molecule has 0 aromatic carbocycles. The number of rotatable bonds is 11. The number of halogens is 2. The molecule has 0 amide bonds. The summed E-state index contributed by atoms with van der Waals surface area (Å²) in [6, 6.07) is 0. The Morgan fingerprint density at radius 3 is 2.07 bits per heavy atom. The van der Waals surface area contributed by atoms with Crippen LogP contribution in [0.2, 0.25) is 0 Å². The van der Waals surface area contributed by atoms with Crippen molar-refractivity contribution in [1.82, 2.24) is 0 Å². The molecule has 0 spiro atoms. The summed E-state index contributed by atoms with van der Waals surface area (Å²) >= 11 is 8.85. The molecule has 0 radical (unpaired) electrons. The highest BCUT2D eigenvalue weighted by Gasteiger charge is 1.91. The standard InChI is InChI=1S/C10H20BrClO2/c11-5-8-14-10-9-13-7-4-2-1-3-6-12/h1-10H2. The first-order valence-corrected chi connectivity index (χ1v) is 6.85. The van der Waals surface area contributed by atoms with Crippen LogP contribution in [0.25, 0.3) is 0 Å². The predicted molar refractivity (Wildman–Crippen MR) is 64.6 cm³/mol. The summed E-state index contributed by atoms with van der Waals surface area (Å²) in [7, 11) is 0. The van der Waals surface area contributed by atoms with Gasteiger partial charge in [0.25, 0.3) is 0 Å². The Bertz CT molecular complexity index is 92.1. The molecule has 0 aliphatic rings. The van der Waals surface area contributed by atoms with E-state index in [0.29, 0.717) is 13.2 Å². The average Bonchev–Trinajstić information content (AvgIpc) is 2.21. The number of ether oxygens (including phenoxy) is 2. The molecule has 0 fully saturated rings. The molecule has 2 nitrogen and oxygen atoms in total. The van der Waals surface area contributed by atoms with Crippen LogP contribution in [0, 0.1) is 0 Å². The van der Waals surface area contributed by atoms with Crippen molar-refractivity contribution in [3.63, 3.8) is 0 Å². The van der Waals surface area contributed by atoms with Crippen molar-refractivity contribution < 1.29 is 9.47 Å². The average molecular weight is 288 g/mol. The molecule has 0 bridgehead atoms. The summed E-state index contributed by atoms with van der Waals surface area (Å²) in [6.07, 6.45) is 4.69. The molecule has 4 heteroatoms. The van der Waals surface area contributed by atoms with Crippen molar-refractivity contribution in [2.24, 2.45) is 0 Å². The third kappa shape index (κ3) is 12.7. The van der Waals surface area contributed by atoms with Crippen LogP contribution >= 0.6 is 27.5 Å². The van der Waals surface area contributed by atoms with Crippen LogP contribution in [-0.4, -0.2) is 37.6 Å². The molecule has 0 N–H and O–H groups in total. The second-order valence-electron chi connectivity index (χ2n) is 3.02. The molecule has 0 aromatic rings. The van der Waals surface area contributed by atoms with Gasteiger partial charge >= 0.3 is 0 Å². The molecule has 0 unspecified atom stereocenters. The summed E-state index contributed by atoms with van der Waals surface area (Å²) in [4.78, 5) is 0. The first-order valence-electron chi connectivity index (χ1n) is 5.19. The van der Waals surface area contributed by atoms with E-state index >= 15 is 0 Å². The number of unbranched alkanes of at least 4 members (excludes halogenated alkanes) is 3. The van der Waals surface area contributed by atoms with Gasteiger partial charge in [0, 0.05) is 17.8 Å². The molecule has 86 valence electrons. The van der Waals surface area contributed by atoms with Crippen LogP contribution < -0.4 is 0 Å². The normalized spacial score (nSPS) is 10.7. The highest BCUT2D eigenvalue weighted by Crippen LogP contribution is 2.00. The summed E-state index contributed by atoms with van der Waals surface area (Å²) in [5.74, 6) is 0.779. The molecule has 0 heterocycles. The van der Waals surface area contributed by atoms with E-state index < -0.39 is 0 Å². The maximum absolute atomic E-state index is 5.56.